The molecule has 37 heavy (non-hydrogen) atoms. The van der Waals surface area contributed by atoms with Crippen LogP contribution in [0.3, 0.4) is 0 Å². The zero-order valence-corrected chi connectivity index (χ0v) is 22.1. The van der Waals surface area contributed by atoms with Crippen molar-refractivity contribution in [1.29, 1.82) is 0 Å². The first-order valence-electron chi connectivity index (χ1n) is 12.4. The predicted molar refractivity (Wildman–Crippen MR) is 137 cm³/mol. The zero-order valence-electron chi connectivity index (χ0n) is 22.1. The number of nitrogens with zero attached hydrogens (tertiary/aromatic N) is 3. The third kappa shape index (κ3) is 7.08. The first kappa shape index (κ1) is 27.7. The maximum atomic E-state index is 13.1. The topological polar surface area (TPSA) is 135 Å². The van der Waals surface area contributed by atoms with Crippen molar-refractivity contribution < 1.29 is 23.9 Å². The van der Waals surface area contributed by atoms with Crippen molar-refractivity contribution in [3.05, 3.63) is 46.8 Å². The third-order valence-corrected chi connectivity index (χ3v) is 6.56. The molecule has 3 rings (SSSR count). The minimum absolute atomic E-state index is 0.0430. The molecule has 1 aliphatic heterocycles. The maximum Gasteiger partial charge on any atom is 0.255 e. The zero-order chi connectivity index (χ0) is 27.1. The molecule has 0 fully saturated rings. The summed E-state index contributed by atoms with van der Waals surface area (Å²) < 4.78 is 7.59. The Morgan fingerprint density at radius 3 is 2.59 bits per heavy atom. The highest BCUT2D eigenvalue weighted by molar-refractivity contribution is 5.99. The van der Waals surface area contributed by atoms with Gasteiger partial charge in [-0.05, 0) is 51.3 Å². The highest BCUT2D eigenvalue weighted by Crippen LogP contribution is 2.19. The number of ether oxygens (including phenoxy) is 1. The van der Waals surface area contributed by atoms with Gasteiger partial charge >= 0.3 is 0 Å². The molecule has 2 heterocycles. The summed E-state index contributed by atoms with van der Waals surface area (Å²) in [6, 6.07) is 5.02. The second-order valence-corrected chi connectivity index (χ2v) is 9.27. The summed E-state index contributed by atoms with van der Waals surface area (Å²) in [4.78, 5) is 52.9. The first-order chi connectivity index (χ1) is 17.6. The number of likely N-dealkylation sites (N-methyl/N-ethyl adjacent to an activating group) is 1. The van der Waals surface area contributed by atoms with Crippen LogP contribution < -0.4 is 20.7 Å². The number of fused-ring (bicyclic) bond motifs is 1. The van der Waals surface area contributed by atoms with Crippen molar-refractivity contribution in [3.63, 3.8) is 0 Å². The van der Waals surface area contributed by atoms with E-state index in [0.717, 1.165) is 17.0 Å². The molecule has 2 atom stereocenters. The number of para-hydroxylation sites is 1. The van der Waals surface area contributed by atoms with Crippen molar-refractivity contribution >= 4 is 23.6 Å². The van der Waals surface area contributed by atoms with Crippen molar-refractivity contribution in [2.45, 2.75) is 52.1 Å². The van der Waals surface area contributed by atoms with Crippen LogP contribution in [-0.2, 0) is 27.9 Å². The van der Waals surface area contributed by atoms with Crippen molar-refractivity contribution in [3.8, 4) is 5.75 Å². The lowest BCUT2D eigenvalue weighted by Crippen LogP contribution is -2.49. The SMILES string of the molecule is Cc1nn(C)c(C)c1CCNC(=O)[C@@H]1CCC(=O)N[C@@H](C)C(=O)N(C)CCOc2ccccc2C(=O)N1. The molecule has 0 unspecified atom stereocenters. The highest BCUT2D eigenvalue weighted by Gasteiger charge is 2.26. The molecule has 1 aliphatic rings. The van der Waals surface area contributed by atoms with Gasteiger partial charge < -0.3 is 25.6 Å². The summed E-state index contributed by atoms with van der Waals surface area (Å²) in [6.07, 6.45) is 0.606. The minimum atomic E-state index is -0.957. The van der Waals surface area contributed by atoms with Gasteiger partial charge in [0.1, 0.15) is 24.4 Å². The van der Waals surface area contributed by atoms with E-state index in [0.29, 0.717) is 18.7 Å². The van der Waals surface area contributed by atoms with Gasteiger partial charge in [-0.3, -0.25) is 23.9 Å². The Balaban J connectivity index is 1.77. The normalized spacial score (nSPS) is 19.6. The molecule has 1 aromatic carbocycles. The molecule has 3 N–H and O–H groups in total. The van der Waals surface area contributed by atoms with Crippen LogP contribution in [0, 0.1) is 13.8 Å². The monoisotopic (exact) mass is 512 g/mol. The summed E-state index contributed by atoms with van der Waals surface area (Å²) in [5.74, 6) is -1.17. The Hall–Kier alpha value is -3.89. The predicted octanol–water partition coefficient (Wildman–Crippen LogP) is 0.630. The second kappa shape index (κ2) is 12.4. The highest BCUT2D eigenvalue weighted by atomic mass is 16.5. The number of carbonyl (C=O) groups excluding carboxylic acids is 4. The number of benzene rings is 1. The molecule has 2 aromatic rings. The van der Waals surface area contributed by atoms with E-state index in [9.17, 15) is 19.2 Å². The van der Waals surface area contributed by atoms with Crippen LogP contribution in [0.25, 0.3) is 0 Å². The Labute approximate surface area is 216 Å². The van der Waals surface area contributed by atoms with Gasteiger partial charge in [0.05, 0.1) is 17.8 Å². The summed E-state index contributed by atoms with van der Waals surface area (Å²) >= 11 is 0. The molecular formula is C26H36N6O5. The largest absolute Gasteiger partial charge is 0.491 e. The molecule has 1 aromatic heterocycles. The van der Waals surface area contributed by atoms with E-state index in [1.54, 1.807) is 42.9 Å². The number of aryl methyl sites for hydroxylation is 2. The third-order valence-electron chi connectivity index (χ3n) is 6.56. The maximum absolute atomic E-state index is 13.1. The standard InChI is InChI=1S/C26H36N6O5/c1-16-19(18(3)32(5)30-16)12-13-27-25(35)21-10-11-23(33)28-17(2)26(36)31(4)14-15-37-22-9-7-6-8-20(22)24(34)29-21/h6-9,17,21H,10-15H2,1-5H3,(H,27,35)(H,28,33)(H,29,34)/t17-,21-/m0/s1. The fourth-order valence-corrected chi connectivity index (χ4v) is 4.28. The Kier molecular flexibility index (Phi) is 9.26. The lowest BCUT2D eigenvalue weighted by molar-refractivity contribution is -0.135. The fourth-order valence-electron chi connectivity index (χ4n) is 4.28. The first-order valence-corrected chi connectivity index (χ1v) is 12.4. The molecule has 0 bridgehead atoms. The quantitative estimate of drug-likeness (QED) is 0.550. The van der Waals surface area contributed by atoms with Crippen LogP contribution in [0.4, 0.5) is 0 Å². The van der Waals surface area contributed by atoms with Crippen LogP contribution in [-0.4, -0.2) is 77.1 Å². The van der Waals surface area contributed by atoms with Gasteiger partial charge in [0.2, 0.25) is 17.7 Å². The number of amides is 4. The molecule has 0 radical (unpaired) electrons. The van der Waals surface area contributed by atoms with E-state index in [1.165, 1.54) is 4.90 Å². The molecule has 0 saturated heterocycles. The Morgan fingerprint density at radius 2 is 1.89 bits per heavy atom. The Bertz CT molecular complexity index is 1160. The molecule has 11 nitrogen and oxygen atoms in total. The van der Waals surface area contributed by atoms with E-state index in [4.69, 9.17) is 4.74 Å². The van der Waals surface area contributed by atoms with Crippen LogP contribution in [0.15, 0.2) is 24.3 Å². The van der Waals surface area contributed by atoms with E-state index in [-0.39, 0.29) is 43.4 Å². The number of carbonyl (C=O) groups is 4. The van der Waals surface area contributed by atoms with Crippen molar-refractivity contribution in [1.82, 2.24) is 30.6 Å². The van der Waals surface area contributed by atoms with Gasteiger partial charge in [0.25, 0.3) is 5.91 Å². The summed E-state index contributed by atoms with van der Waals surface area (Å²) in [7, 11) is 3.50. The lowest BCUT2D eigenvalue weighted by Gasteiger charge is -2.22. The van der Waals surface area contributed by atoms with E-state index in [2.05, 4.69) is 21.0 Å². The average Bonchev–Trinajstić information content (AvgIpc) is 3.11. The van der Waals surface area contributed by atoms with Crippen molar-refractivity contribution in [2.75, 3.05) is 26.7 Å². The number of rotatable bonds is 4. The van der Waals surface area contributed by atoms with Gasteiger partial charge in [0, 0.05) is 32.8 Å². The molecule has 0 aliphatic carbocycles. The number of hydrogen-bond acceptors (Lipinski definition) is 6. The summed E-state index contributed by atoms with van der Waals surface area (Å²) in [6.45, 7) is 6.28. The number of nitrogens with one attached hydrogen (secondary N) is 3. The average molecular weight is 513 g/mol. The smallest absolute Gasteiger partial charge is 0.255 e. The summed E-state index contributed by atoms with van der Waals surface area (Å²) in [5.41, 5.74) is 3.25. The van der Waals surface area contributed by atoms with Gasteiger partial charge in [-0.2, -0.15) is 5.10 Å². The van der Waals surface area contributed by atoms with Gasteiger partial charge in [0.15, 0.2) is 0 Å². The summed E-state index contributed by atoms with van der Waals surface area (Å²) in [5, 5.41) is 12.7. The lowest BCUT2D eigenvalue weighted by atomic mass is 10.1. The van der Waals surface area contributed by atoms with E-state index in [1.807, 2.05) is 20.9 Å². The minimum Gasteiger partial charge on any atom is -0.491 e. The van der Waals surface area contributed by atoms with Gasteiger partial charge in [-0.15, -0.1) is 0 Å². The molecule has 200 valence electrons. The molecular weight excluding hydrogens is 476 g/mol. The Morgan fingerprint density at radius 1 is 1.16 bits per heavy atom. The van der Waals surface area contributed by atoms with Crippen LogP contribution in [0.1, 0.15) is 47.1 Å². The molecule has 4 amide bonds. The molecule has 0 spiro atoms. The van der Waals surface area contributed by atoms with Crippen LogP contribution in [0.2, 0.25) is 0 Å². The van der Waals surface area contributed by atoms with Crippen LogP contribution >= 0.6 is 0 Å². The van der Waals surface area contributed by atoms with Crippen LogP contribution in [0.5, 0.6) is 5.75 Å². The van der Waals surface area contributed by atoms with E-state index < -0.39 is 23.9 Å². The van der Waals surface area contributed by atoms with Gasteiger partial charge in [-0.1, -0.05) is 12.1 Å². The number of hydrogen-bond donors (Lipinski definition) is 3. The van der Waals surface area contributed by atoms with Gasteiger partial charge in [-0.25, -0.2) is 0 Å². The molecule has 11 heteroatoms. The molecule has 0 saturated carbocycles. The van der Waals surface area contributed by atoms with E-state index >= 15 is 0 Å². The fraction of sp³-hybridized carbons (Fsp3) is 0.500. The second-order valence-electron chi connectivity index (χ2n) is 9.27. The van der Waals surface area contributed by atoms with Crippen molar-refractivity contribution in [2.24, 2.45) is 7.05 Å². The number of aromatic nitrogens is 2.